The van der Waals surface area contributed by atoms with E-state index in [2.05, 4.69) is 20.0 Å². The standard InChI is InChI=1S/4C12H15NO.2Co/c4*1-3-13-10(2)9-12(14)11-7-5-4-6-8-11;;/h4*4-9,14H,3H2,1-2H3;;/q;;;;2*+2/p-4/b4*12-9-,13-10?;;. The summed E-state index contributed by atoms with van der Waals surface area (Å²) in [6.45, 7) is 18.0. The Balaban J connectivity index is 0. The number of benzene rings is 4. The SMILES string of the molecule is CCN=C(C)/C=C(\[O-])c1ccccc1.CCN=C(C)/C=C(\[O-])c1ccccc1.CCN=C(C)/C=C(\[O-])c1ccccc1.CCN=C(C)/C=C(\[O-])c1ccccc1.[Co+2].[Co+2]. The molecule has 0 heterocycles. The Morgan fingerprint density at radius 3 is 0.638 bits per heavy atom. The van der Waals surface area contributed by atoms with Gasteiger partial charge in [-0.1, -0.05) is 144 Å². The summed E-state index contributed by atoms with van der Waals surface area (Å²) in [7, 11) is 0. The van der Waals surface area contributed by atoms with E-state index in [1.807, 2.05) is 128 Å². The van der Waals surface area contributed by atoms with Crippen LogP contribution in [0.1, 0.15) is 77.6 Å². The van der Waals surface area contributed by atoms with Crippen LogP contribution in [0.25, 0.3) is 23.0 Å². The number of allylic oxidation sites excluding steroid dienone is 4. The Morgan fingerprint density at radius 2 is 0.500 bits per heavy atom. The molecule has 0 aliphatic rings. The van der Waals surface area contributed by atoms with Crippen molar-refractivity contribution in [1.82, 2.24) is 0 Å². The van der Waals surface area contributed by atoms with Gasteiger partial charge in [-0.25, -0.2) is 0 Å². The van der Waals surface area contributed by atoms with Crippen molar-refractivity contribution < 1.29 is 54.0 Å². The summed E-state index contributed by atoms with van der Waals surface area (Å²) in [4.78, 5) is 16.5. The third-order valence-electron chi connectivity index (χ3n) is 7.22. The van der Waals surface area contributed by atoms with Crippen molar-refractivity contribution in [2.75, 3.05) is 26.2 Å². The Labute approximate surface area is 367 Å². The van der Waals surface area contributed by atoms with E-state index in [4.69, 9.17) is 0 Å². The third kappa shape index (κ3) is 25.1. The summed E-state index contributed by atoms with van der Waals surface area (Å²) in [6, 6.07) is 36.8. The van der Waals surface area contributed by atoms with Crippen LogP contribution in [0.4, 0.5) is 0 Å². The van der Waals surface area contributed by atoms with Gasteiger partial charge in [0.25, 0.3) is 0 Å². The maximum atomic E-state index is 11.6. The Kier molecular flexibility index (Phi) is 32.0. The molecule has 0 aromatic heterocycles. The van der Waals surface area contributed by atoms with E-state index in [0.717, 1.165) is 22.8 Å². The fourth-order valence-electron chi connectivity index (χ4n) is 4.68. The fraction of sp³-hybridized carbons (Fsp3) is 0.250. The molecule has 0 aliphatic carbocycles. The minimum Gasteiger partial charge on any atom is -0.872 e. The molecule has 0 spiro atoms. The molecule has 58 heavy (non-hydrogen) atoms. The minimum absolute atomic E-state index is 0. The van der Waals surface area contributed by atoms with Gasteiger partial charge in [0.1, 0.15) is 0 Å². The molecule has 2 radical (unpaired) electrons. The predicted octanol–water partition coefficient (Wildman–Crippen LogP) is 7.47. The molecule has 4 aromatic carbocycles. The second-order valence-electron chi connectivity index (χ2n) is 12.0. The molecule has 8 nitrogen and oxygen atoms in total. The molecule has 0 amide bonds. The molecule has 0 atom stereocenters. The van der Waals surface area contributed by atoms with Crippen LogP contribution in [0.15, 0.2) is 166 Å². The first-order chi connectivity index (χ1) is 26.9. The minimum atomic E-state index is 0. The van der Waals surface area contributed by atoms with Crippen molar-refractivity contribution >= 4 is 45.9 Å². The topological polar surface area (TPSA) is 142 Å². The molecule has 0 unspecified atom stereocenters. The van der Waals surface area contributed by atoms with Crippen molar-refractivity contribution in [2.45, 2.75) is 55.4 Å². The molecular formula is C48H56Co2N4O4. The van der Waals surface area contributed by atoms with Crippen molar-refractivity contribution in [2.24, 2.45) is 20.0 Å². The Hall–Kier alpha value is -5.27. The van der Waals surface area contributed by atoms with Crippen LogP contribution in [-0.4, -0.2) is 49.0 Å². The zero-order chi connectivity index (χ0) is 41.6. The van der Waals surface area contributed by atoms with Crippen LogP contribution >= 0.6 is 0 Å². The molecule has 4 aromatic rings. The Bertz CT molecular complexity index is 1650. The summed E-state index contributed by atoms with van der Waals surface area (Å²) in [5, 5.41) is 46.4. The van der Waals surface area contributed by atoms with Crippen LogP contribution < -0.4 is 20.4 Å². The monoisotopic (exact) mass is 870 g/mol. The van der Waals surface area contributed by atoms with Gasteiger partial charge < -0.3 is 20.4 Å². The summed E-state index contributed by atoms with van der Waals surface area (Å²) >= 11 is 0. The zero-order valence-corrected chi connectivity index (χ0v) is 36.9. The predicted molar refractivity (Wildman–Crippen MR) is 232 cm³/mol. The molecule has 4 rings (SSSR count). The van der Waals surface area contributed by atoms with Gasteiger partial charge in [0, 0.05) is 49.0 Å². The van der Waals surface area contributed by atoms with Gasteiger partial charge in [-0.05, 0) is 102 Å². The average molecular weight is 871 g/mol. The van der Waals surface area contributed by atoms with Crippen LogP contribution in [0, 0.1) is 0 Å². The number of aliphatic imine (C=N–C) groups is 4. The molecule has 0 N–H and O–H groups in total. The van der Waals surface area contributed by atoms with Crippen LogP contribution in [-0.2, 0) is 33.6 Å². The van der Waals surface area contributed by atoms with Gasteiger partial charge in [-0.2, -0.15) is 0 Å². The number of nitrogens with zero attached hydrogens (tertiary/aromatic N) is 4. The summed E-state index contributed by atoms with van der Waals surface area (Å²) in [5.41, 5.74) is 5.94. The Morgan fingerprint density at radius 1 is 0.345 bits per heavy atom. The molecule has 0 aliphatic heterocycles. The van der Waals surface area contributed by atoms with E-state index in [1.54, 1.807) is 72.8 Å². The van der Waals surface area contributed by atoms with E-state index in [1.165, 1.54) is 0 Å². The maximum Gasteiger partial charge on any atom is 2.00 e. The van der Waals surface area contributed by atoms with E-state index < -0.39 is 0 Å². The molecule has 310 valence electrons. The average Bonchev–Trinajstić information content (AvgIpc) is 3.20. The molecule has 0 saturated carbocycles. The second kappa shape index (κ2) is 33.8. The van der Waals surface area contributed by atoms with Gasteiger partial charge in [0.05, 0.1) is 0 Å². The zero-order valence-electron chi connectivity index (χ0n) is 34.8. The number of rotatable bonds is 12. The van der Waals surface area contributed by atoms with E-state index in [9.17, 15) is 20.4 Å². The second-order valence-corrected chi connectivity index (χ2v) is 12.0. The summed E-state index contributed by atoms with van der Waals surface area (Å²) < 4.78 is 0. The molecule has 0 bridgehead atoms. The largest absolute Gasteiger partial charge is 2.00 e. The van der Waals surface area contributed by atoms with Gasteiger partial charge >= 0.3 is 33.6 Å². The smallest absolute Gasteiger partial charge is 0.872 e. The maximum absolute atomic E-state index is 11.6. The third-order valence-corrected chi connectivity index (χ3v) is 7.22. The number of hydrogen-bond acceptors (Lipinski definition) is 8. The van der Waals surface area contributed by atoms with Crippen molar-refractivity contribution in [3.63, 3.8) is 0 Å². The molecule has 10 heteroatoms. The molecular weight excluding hydrogens is 814 g/mol. The number of hydrogen-bond donors (Lipinski definition) is 0. The normalized spacial score (nSPS) is 12.6. The van der Waals surface area contributed by atoms with Gasteiger partial charge in [-0.15, -0.1) is 0 Å². The van der Waals surface area contributed by atoms with Crippen molar-refractivity contribution in [3.8, 4) is 0 Å². The first kappa shape index (κ1) is 54.8. The first-order valence-corrected chi connectivity index (χ1v) is 18.8. The summed E-state index contributed by atoms with van der Waals surface area (Å²) in [6.07, 6.45) is 6.27. The quantitative estimate of drug-likeness (QED) is 0.108. The summed E-state index contributed by atoms with van der Waals surface area (Å²) in [5.74, 6) is 0.0567. The van der Waals surface area contributed by atoms with E-state index >= 15 is 0 Å². The van der Waals surface area contributed by atoms with E-state index in [-0.39, 0.29) is 56.6 Å². The van der Waals surface area contributed by atoms with Crippen molar-refractivity contribution in [3.05, 3.63) is 168 Å². The molecule has 0 fully saturated rings. The van der Waals surface area contributed by atoms with Crippen molar-refractivity contribution in [1.29, 1.82) is 0 Å². The fourth-order valence-corrected chi connectivity index (χ4v) is 4.68. The van der Waals surface area contributed by atoms with Gasteiger partial charge in [-0.3, -0.25) is 20.0 Å². The van der Waals surface area contributed by atoms with Gasteiger partial charge in [0.2, 0.25) is 0 Å². The van der Waals surface area contributed by atoms with Gasteiger partial charge in [0.15, 0.2) is 0 Å². The van der Waals surface area contributed by atoms with Crippen LogP contribution in [0.5, 0.6) is 0 Å². The van der Waals surface area contributed by atoms with E-state index in [0.29, 0.717) is 48.4 Å². The van der Waals surface area contributed by atoms with Crippen LogP contribution in [0.3, 0.4) is 0 Å². The van der Waals surface area contributed by atoms with Crippen LogP contribution in [0.2, 0.25) is 0 Å². The first-order valence-electron chi connectivity index (χ1n) is 18.8. The molecule has 0 saturated heterocycles.